The molecule has 7 heteroatoms. The zero-order chi connectivity index (χ0) is 17.9. The van der Waals surface area contributed by atoms with Crippen molar-refractivity contribution in [2.75, 3.05) is 32.9 Å². The van der Waals surface area contributed by atoms with Gasteiger partial charge in [0.05, 0.1) is 18.6 Å². The Morgan fingerprint density at radius 1 is 1.36 bits per heavy atom. The van der Waals surface area contributed by atoms with E-state index in [4.69, 9.17) is 14.6 Å². The molecule has 2 unspecified atom stereocenters. The van der Waals surface area contributed by atoms with E-state index in [1.54, 1.807) is 24.3 Å². The third-order valence-electron chi connectivity index (χ3n) is 4.82. The molecule has 25 heavy (non-hydrogen) atoms. The van der Waals surface area contributed by atoms with Crippen LogP contribution < -0.4 is 4.74 Å². The fourth-order valence-corrected chi connectivity index (χ4v) is 3.20. The van der Waals surface area contributed by atoms with Crippen LogP contribution in [0.15, 0.2) is 24.3 Å². The number of aliphatic hydroxyl groups is 1. The molecule has 0 saturated carbocycles. The van der Waals surface area contributed by atoms with Gasteiger partial charge >= 0.3 is 0 Å². The van der Waals surface area contributed by atoms with Crippen molar-refractivity contribution in [2.45, 2.75) is 31.3 Å². The number of alkyl halides is 2. The van der Waals surface area contributed by atoms with Crippen LogP contribution in [0.4, 0.5) is 8.78 Å². The molecular weight excluding hydrogens is 332 g/mol. The number of likely N-dealkylation sites (tertiary alicyclic amines) is 1. The predicted octanol–water partition coefficient (Wildman–Crippen LogP) is 2.33. The molecular formula is C18H23F2NO4. The van der Waals surface area contributed by atoms with E-state index < -0.39 is 24.9 Å². The number of hydrogen-bond acceptors (Lipinski definition) is 4. The lowest BCUT2D eigenvalue weighted by atomic mass is 9.94. The summed E-state index contributed by atoms with van der Waals surface area (Å²) in [5, 5.41) is 9.14. The Bertz CT molecular complexity index is 587. The van der Waals surface area contributed by atoms with Gasteiger partial charge in [-0.15, -0.1) is 0 Å². The minimum atomic E-state index is -2.93. The van der Waals surface area contributed by atoms with Crippen molar-refractivity contribution in [3.05, 3.63) is 29.8 Å². The standard InChI is InChI=1S/C18H23F2NO4/c19-18(20)7-8-21(10-14(18)11-22)17(23)13-3-5-15(6-4-13)25-12-16-2-1-9-24-16/h3-6,14,16,22H,1-2,7-12H2. The molecule has 2 fully saturated rings. The average Bonchev–Trinajstić information content (AvgIpc) is 3.13. The second kappa shape index (κ2) is 7.66. The molecule has 3 rings (SSSR count). The highest BCUT2D eigenvalue weighted by molar-refractivity contribution is 5.94. The van der Waals surface area contributed by atoms with Crippen LogP contribution in [0.3, 0.4) is 0 Å². The monoisotopic (exact) mass is 355 g/mol. The lowest BCUT2D eigenvalue weighted by Gasteiger charge is -2.37. The van der Waals surface area contributed by atoms with Gasteiger partial charge in [-0.2, -0.15) is 0 Å². The molecule has 0 aromatic heterocycles. The van der Waals surface area contributed by atoms with Crippen molar-refractivity contribution in [1.82, 2.24) is 4.90 Å². The summed E-state index contributed by atoms with van der Waals surface area (Å²) in [6, 6.07) is 6.66. The van der Waals surface area contributed by atoms with Crippen molar-refractivity contribution in [2.24, 2.45) is 5.92 Å². The number of piperidine rings is 1. The van der Waals surface area contributed by atoms with Crippen LogP contribution in [0, 0.1) is 5.92 Å². The SMILES string of the molecule is O=C(c1ccc(OCC2CCCO2)cc1)N1CCC(F)(F)C(CO)C1. The van der Waals surface area contributed by atoms with Gasteiger partial charge in [-0.25, -0.2) is 8.78 Å². The van der Waals surface area contributed by atoms with Crippen LogP contribution in [0.5, 0.6) is 5.75 Å². The summed E-state index contributed by atoms with van der Waals surface area (Å²) in [5.74, 6) is -3.80. The molecule has 0 spiro atoms. The second-order valence-electron chi connectivity index (χ2n) is 6.61. The highest BCUT2D eigenvalue weighted by Crippen LogP contribution is 2.33. The van der Waals surface area contributed by atoms with E-state index >= 15 is 0 Å². The number of aliphatic hydroxyl groups excluding tert-OH is 1. The third kappa shape index (κ3) is 4.27. The van der Waals surface area contributed by atoms with E-state index in [0.29, 0.717) is 17.9 Å². The minimum absolute atomic E-state index is 0.0143. The maximum absolute atomic E-state index is 13.6. The zero-order valence-corrected chi connectivity index (χ0v) is 14.0. The van der Waals surface area contributed by atoms with Crippen molar-refractivity contribution in [3.8, 4) is 5.75 Å². The number of amides is 1. The number of benzene rings is 1. The maximum Gasteiger partial charge on any atom is 0.256 e. The van der Waals surface area contributed by atoms with Gasteiger partial charge in [0.2, 0.25) is 0 Å². The Hall–Kier alpha value is -1.73. The normalized spacial score (nSPS) is 25.8. The Kier molecular flexibility index (Phi) is 5.54. The molecule has 0 radical (unpaired) electrons. The molecule has 2 heterocycles. The first-order chi connectivity index (χ1) is 12.0. The lowest BCUT2D eigenvalue weighted by molar-refractivity contribution is -0.113. The Morgan fingerprint density at radius 3 is 2.76 bits per heavy atom. The van der Waals surface area contributed by atoms with E-state index in [-0.39, 0.29) is 25.1 Å². The van der Waals surface area contributed by atoms with Gasteiger partial charge < -0.3 is 19.5 Å². The summed E-state index contributed by atoms with van der Waals surface area (Å²) >= 11 is 0. The van der Waals surface area contributed by atoms with Gasteiger partial charge in [-0.3, -0.25) is 4.79 Å². The highest BCUT2D eigenvalue weighted by Gasteiger charge is 2.44. The quantitative estimate of drug-likeness (QED) is 0.881. The van der Waals surface area contributed by atoms with Gasteiger partial charge in [-0.1, -0.05) is 0 Å². The number of carbonyl (C=O) groups is 1. The average molecular weight is 355 g/mol. The molecule has 2 aliphatic rings. The molecule has 138 valence electrons. The van der Waals surface area contributed by atoms with E-state index in [1.165, 1.54) is 4.90 Å². The van der Waals surface area contributed by atoms with Crippen LogP contribution in [0.25, 0.3) is 0 Å². The van der Waals surface area contributed by atoms with Crippen LogP contribution in [-0.2, 0) is 4.74 Å². The van der Waals surface area contributed by atoms with Crippen LogP contribution in [0.1, 0.15) is 29.6 Å². The molecule has 1 aromatic rings. The summed E-state index contributed by atoms with van der Waals surface area (Å²) < 4.78 is 38.4. The fraction of sp³-hybridized carbons (Fsp3) is 0.611. The first kappa shape index (κ1) is 18.1. The molecule has 5 nitrogen and oxygen atoms in total. The largest absolute Gasteiger partial charge is 0.491 e. The number of halogens is 2. The number of rotatable bonds is 5. The first-order valence-electron chi connectivity index (χ1n) is 8.62. The van der Waals surface area contributed by atoms with Gasteiger partial charge in [0.1, 0.15) is 12.4 Å². The van der Waals surface area contributed by atoms with E-state index in [0.717, 1.165) is 19.4 Å². The molecule has 2 atom stereocenters. The zero-order valence-electron chi connectivity index (χ0n) is 14.0. The maximum atomic E-state index is 13.6. The van der Waals surface area contributed by atoms with E-state index in [2.05, 4.69) is 0 Å². The molecule has 2 aliphatic heterocycles. The molecule has 0 aliphatic carbocycles. The van der Waals surface area contributed by atoms with Gasteiger partial charge in [-0.05, 0) is 37.1 Å². The molecule has 2 saturated heterocycles. The first-order valence-corrected chi connectivity index (χ1v) is 8.62. The second-order valence-corrected chi connectivity index (χ2v) is 6.61. The van der Waals surface area contributed by atoms with Crippen LogP contribution in [-0.4, -0.2) is 60.9 Å². The summed E-state index contributed by atoms with van der Waals surface area (Å²) in [7, 11) is 0. The van der Waals surface area contributed by atoms with Gasteiger partial charge in [0.15, 0.2) is 0 Å². The van der Waals surface area contributed by atoms with Crippen molar-refractivity contribution in [1.29, 1.82) is 0 Å². The third-order valence-corrected chi connectivity index (χ3v) is 4.82. The van der Waals surface area contributed by atoms with Crippen LogP contribution >= 0.6 is 0 Å². The number of ether oxygens (including phenoxy) is 2. The van der Waals surface area contributed by atoms with E-state index in [9.17, 15) is 13.6 Å². The molecule has 1 aromatic carbocycles. The van der Waals surface area contributed by atoms with Crippen molar-refractivity contribution >= 4 is 5.91 Å². The predicted molar refractivity (Wildman–Crippen MR) is 87.0 cm³/mol. The van der Waals surface area contributed by atoms with Crippen LogP contribution in [0.2, 0.25) is 0 Å². The smallest absolute Gasteiger partial charge is 0.256 e. The molecule has 0 bridgehead atoms. The lowest BCUT2D eigenvalue weighted by Crippen LogP contribution is -2.50. The Balaban J connectivity index is 1.57. The summed E-state index contributed by atoms with van der Waals surface area (Å²) in [5.41, 5.74) is 0.423. The van der Waals surface area contributed by atoms with Crippen molar-refractivity contribution in [3.63, 3.8) is 0 Å². The summed E-state index contributed by atoms with van der Waals surface area (Å²) in [4.78, 5) is 13.9. The highest BCUT2D eigenvalue weighted by atomic mass is 19.3. The number of hydrogen-bond donors (Lipinski definition) is 1. The minimum Gasteiger partial charge on any atom is -0.491 e. The molecule has 1 N–H and O–H groups in total. The Morgan fingerprint density at radius 2 is 2.12 bits per heavy atom. The summed E-state index contributed by atoms with van der Waals surface area (Å²) in [6.07, 6.45) is 1.73. The summed E-state index contributed by atoms with van der Waals surface area (Å²) in [6.45, 7) is 0.462. The Labute approximate surface area is 145 Å². The number of nitrogens with zero attached hydrogens (tertiary/aromatic N) is 1. The molecule has 1 amide bonds. The number of carbonyl (C=O) groups excluding carboxylic acids is 1. The van der Waals surface area contributed by atoms with E-state index in [1.807, 2.05) is 0 Å². The van der Waals surface area contributed by atoms with Gasteiger partial charge in [0, 0.05) is 31.7 Å². The van der Waals surface area contributed by atoms with Gasteiger partial charge in [0.25, 0.3) is 11.8 Å². The topological polar surface area (TPSA) is 59.0 Å². The van der Waals surface area contributed by atoms with Crippen molar-refractivity contribution < 1.29 is 28.2 Å². The fourth-order valence-electron chi connectivity index (χ4n) is 3.20.